The summed E-state index contributed by atoms with van der Waals surface area (Å²) in [7, 11) is 0. The van der Waals surface area contributed by atoms with Crippen LogP contribution in [0.5, 0.6) is 0 Å². The van der Waals surface area contributed by atoms with E-state index in [0.29, 0.717) is 16.3 Å². The van der Waals surface area contributed by atoms with Crippen LogP contribution in [0.4, 0.5) is 5.13 Å². The maximum Gasteiger partial charge on any atom is 0.281 e. The Morgan fingerprint density at radius 2 is 2.21 bits per heavy atom. The van der Waals surface area contributed by atoms with Gasteiger partial charge in [-0.25, -0.2) is 9.50 Å². The van der Waals surface area contributed by atoms with Crippen LogP contribution in [0.2, 0.25) is 0 Å². The highest BCUT2D eigenvalue weighted by Crippen LogP contribution is 2.14. The zero-order valence-corrected chi connectivity index (χ0v) is 13.3. The lowest BCUT2D eigenvalue weighted by atomic mass is 10.3. The summed E-state index contributed by atoms with van der Waals surface area (Å²) in [5, 5.41) is 17.0. The van der Waals surface area contributed by atoms with Crippen LogP contribution in [0.1, 0.15) is 5.69 Å². The number of aryl methyl sites for hydroxylation is 1. The van der Waals surface area contributed by atoms with E-state index in [2.05, 4.69) is 25.6 Å². The minimum Gasteiger partial charge on any atom is -0.304 e. The minimum atomic E-state index is -0.400. The van der Waals surface area contributed by atoms with Crippen LogP contribution in [0.25, 0.3) is 16.7 Å². The number of hydrogen-bond donors (Lipinski definition) is 1. The van der Waals surface area contributed by atoms with E-state index in [9.17, 15) is 9.59 Å². The van der Waals surface area contributed by atoms with Crippen LogP contribution >= 0.6 is 11.3 Å². The van der Waals surface area contributed by atoms with Gasteiger partial charge in [0.2, 0.25) is 5.91 Å². The summed E-state index contributed by atoms with van der Waals surface area (Å²) in [4.78, 5) is 28.8. The second kappa shape index (κ2) is 5.49. The second-order valence-electron chi connectivity index (χ2n) is 5.13. The summed E-state index contributed by atoms with van der Waals surface area (Å²) in [5.74, 6) is -0.334. The average Bonchev–Trinajstić information content (AvgIpc) is 3.18. The first-order chi connectivity index (χ1) is 11.6. The molecule has 4 aromatic rings. The Hall–Kier alpha value is -3.14. The van der Waals surface area contributed by atoms with Gasteiger partial charge in [0.05, 0.1) is 11.9 Å². The third kappa shape index (κ3) is 2.42. The van der Waals surface area contributed by atoms with E-state index in [4.69, 9.17) is 0 Å². The highest BCUT2D eigenvalue weighted by atomic mass is 32.1. The standard InChI is InChI=1S/C14H11N7O2S/c1-8-7-24-14(16-8)17-11(22)6-20-5-3-9-12(13(20)23)19-18-10-2-4-15-21(9)10/h2-5,7H,6H2,1H3,(H,16,17,22). The number of anilines is 1. The molecule has 0 fully saturated rings. The third-order valence-corrected chi connectivity index (χ3v) is 4.28. The van der Waals surface area contributed by atoms with Crippen molar-refractivity contribution in [2.75, 3.05) is 5.32 Å². The molecular formula is C14H11N7O2S. The lowest BCUT2D eigenvalue weighted by Crippen LogP contribution is -2.28. The first kappa shape index (κ1) is 14.5. The number of nitrogens with zero attached hydrogens (tertiary/aromatic N) is 6. The van der Waals surface area contributed by atoms with Gasteiger partial charge in [0.1, 0.15) is 12.1 Å². The van der Waals surface area contributed by atoms with Crippen molar-refractivity contribution < 1.29 is 4.79 Å². The summed E-state index contributed by atoms with van der Waals surface area (Å²) >= 11 is 1.33. The number of fused-ring (bicyclic) bond motifs is 3. The molecule has 120 valence electrons. The second-order valence-corrected chi connectivity index (χ2v) is 5.98. The molecule has 9 nitrogen and oxygen atoms in total. The number of hydrogen-bond acceptors (Lipinski definition) is 7. The molecule has 4 aromatic heterocycles. The normalized spacial score (nSPS) is 11.2. The topological polar surface area (TPSA) is 107 Å². The number of aromatic nitrogens is 6. The van der Waals surface area contributed by atoms with Crippen molar-refractivity contribution in [3.05, 3.63) is 46.0 Å². The van der Waals surface area contributed by atoms with Gasteiger partial charge in [-0.05, 0) is 13.0 Å². The Labute approximate surface area is 138 Å². The van der Waals surface area contributed by atoms with Crippen molar-refractivity contribution >= 4 is 39.1 Å². The van der Waals surface area contributed by atoms with E-state index in [1.54, 1.807) is 24.5 Å². The quantitative estimate of drug-likeness (QED) is 0.592. The van der Waals surface area contributed by atoms with Gasteiger partial charge in [-0.3, -0.25) is 9.59 Å². The van der Waals surface area contributed by atoms with E-state index >= 15 is 0 Å². The molecule has 0 aliphatic rings. The number of carbonyl (C=O) groups excluding carboxylic acids is 1. The Kier molecular flexibility index (Phi) is 3.31. The number of pyridine rings is 1. The maximum atomic E-state index is 12.5. The Bertz CT molecular complexity index is 1130. The summed E-state index contributed by atoms with van der Waals surface area (Å²) < 4.78 is 2.81. The monoisotopic (exact) mass is 341 g/mol. The molecule has 0 aliphatic carbocycles. The molecule has 4 heterocycles. The molecule has 0 saturated carbocycles. The van der Waals surface area contributed by atoms with Gasteiger partial charge in [-0.2, -0.15) is 5.10 Å². The van der Waals surface area contributed by atoms with Crippen LogP contribution in [-0.4, -0.2) is 35.3 Å². The fourth-order valence-corrected chi connectivity index (χ4v) is 3.03. The number of rotatable bonds is 3. The average molecular weight is 341 g/mol. The minimum absolute atomic E-state index is 0.133. The van der Waals surface area contributed by atoms with Gasteiger partial charge in [0, 0.05) is 17.6 Å². The Morgan fingerprint density at radius 3 is 3.00 bits per heavy atom. The molecular weight excluding hydrogens is 330 g/mol. The van der Waals surface area contributed by atoms with Gasteiger partial charge in [-0.1, -0.05) is 0 Å². The van der Waals surface area contributed by atoms with Crippen LogP contribution in [-0.2, 0) is 11.3 Å². The molecule has 0 unspecified atom stereocenters. The fourth-order valence-electron chi connectivity index (χ4n) is 2.33. The summed E-state index contributed by atoms with van der Waals surface area (Å²) in [6.07, 6.45) is 3.12. The molecule has 0 spiro atoms. The highest BCUT2D eigenvalue weighted by molar-refractivity contribution is 7.13. The smallest absolute Gasteiger partial charge is 0.281 e. The van der Waals surface area contributed by atoms with Crippen molar-refractivity contribution in [1.29, 1.82) is 0 Å². The third-order valence-electron chi connectivity index (χ3n) is 3.40. The van der Waals surface area contributed by atoms with Gasteiger partial charge in [-0.15, -0.1) is 21.5 Å². The van der Waals surface area contributed by atoms with Gasteiger partial charge in [0.25, 0.3) is 5.56 Å². The number of thiazole rings is 1. The molecule has 10 heteroatoms. The lowest BCUT2D eigenvalue weighted by molar-refractivity contribution is -0.116. The van der Waals surface area contributed by atoms with Crippen LogP contribution < -0.4 is 10.9 Å². The van der Waals surface area contributed by atoms with Crippen molar-refractivity contribution in [2.24, 2.45) is 0 Å². The fraction of sp³-hybridized carbons (Fsp3) is 0.143. The molecule has 4 rings (SSSR count). The van der Waals surface area contributed by atoms with E-state index < -0.39 is 5.56 Å². The van der Waals surface area contributed by atoms with Crippen molar-refractivity contribution in [3.8, 4) is 0 Å². The number of carbonyl (C=O) groups is 1. The van der Waals surface area contributed by atoms with E-state index in [1.165, 1.54) is 20.4 Å². The van der Waals surface area contributed by atoms with Crippen molar-refractivity contribution in [1.82, 2.24) is 29.4 Å². The van der Waals surface area contributed by atoms with Crippen LogP contribution in [0.15, 0.2) is 34.7 Å². The zero-order chi connectivity index (χ0) is 16.7. The van der Waals surface area contributed by atoms with Crippen molar-refractivity contribution in [3.63, 3.8) is 0 Å². The van der Waals surface area contributed by atoms with Gasteiger partial charge >= 0.3 is 0 Å². The molecule has 0 aromatic carbocycles. The molecule has 0 radical (unpaired) electrons. The summed E-state index contributed by atoms with van der Waals surface area (Å²) in [6.45, 7) is 1.71. The zero-order valence-electron chi connectivity index (χ0n) is 12.5. The molecule has 0 aliphatic heterocycles. The lowest BCUT2D eigenvalue weighted by Gasteiger charge is -2.07. The van der Waals surface area contributed by atoms with Gasteiger partial charge in [0.15, 0.2) is 16.3 Å². The van der Waals surface area contributed by atoms with Crippen LogP contribution in [0, 0.1) is 6.92 Å². The predicted molar refractivity (Wildman–Crippen MR) is 88.0 cm³/mol. The van der Waals surface area contributed by atoms with E-state index in [1.807, 2.05) is 12.3 Å². The summed E-state index contributed by atoms with van der Waals surface area (Å²) in [6, 6.07) is 3.38. The largest absolute Gasteiger partial charge is 0.304 e. The first-order valence-electron chi connectivity index (χ1n) is 7.03. The molecule has 0 saturated heterocycles. The SMILES string of the molecule is Cc1csc(NC(=O)Cn2ccc3c(nnc4ccnn43)c2=O)n1. The highest BCUT2D eigenvalue weighted by Gasteiger charge is 2.12. The molecule has 0 bridgehead atoms. The first-order valence-corrected chi connectivity index (χ1v) is 7.91. The van der Waals surface area contributed by atoms with Crippen LogP contribution in [0.3, 0.4) is 0 Å². The van der Waals surface area contributed by atoms with E-state index in [0.717, 1.165) is 5.69 Å². The summed E-state index contributed by atoms with van der Waals surface area (Å²) in [5.41, 5.74) is 1.69. The maximum absolute atomic E-state index is 12.5. The van der Waals surface area contributed by atoms with Crippen molar-refractivity contribution in [2.45, 2.75) is 13.5 Å². The molecule has 24 heavy (non-hydrogen) atoms. The Balaban J connectivity index is 1.67. The predicted octanol–water partition coefficient (Wildman–Crippen LogP) is 0.843. The molecule has 0 atom stereocenters. The molecule has 1 amide bonds. The number of amides is 1. The van der Waals surface area contributed by atoms with Gasteiger partial charge < -0.3 is 9.88 Å². The number of nitrogens with one attached hydrogen (secondary N) is 1. The van der Waals surface area contributed by atoms with E-state index in [-0.39, 0.29) is 18.0 Å². The Morgan fingerprint density at radius 1 is 1.33 bits per heavy atom. The molecule has 1 N–H and O–H groups in total.